The average Bonchev–Trinajstić information content (AvgIpc) is 2.81. The van der Waals surface area contributed by atoms with E-state index in [1.54, 1.807) is 36.5 Å². The SMILES string of the molecule is CC(C)(CN)CNC(=O)c1ccc(CSc2nccc(-c3ccc(Cl)cc3)n2)c([N+](=O)[O-])c1. The molecule has 3 N–H and O–H groups in total. The van der Waals surface area contributed by atoms with Crippen LogP contribution in [0.25, 0.3) is 11.3 Å². The minimum absolute atomic E-state index is 0.123. The summed E-state index contributed by atoms with van der Waals surface area (Å²) >= 11 is 7.22. The Kier molecular flexibility index (Phi) is 8.01. The molecule has 3 aromatic rings. The first-order valence-electron chi connectivity index (χ1n) is 10.2. The van der Waals surface area contributed by atoms with Crippen molar-refractivity contribution in [3.05, 3.63) is 81.0 Å². The molecule has 3 rings (SSSR count). The minimum atomic E-state index is -0.485. The number of aromatic nitrogens is 2. The Hall–Kier alpha value is -3.01. The first kappa shape index (κ1) is 24.6. The highest BCUT2D eigenvalue weighted by Crippen LogP contribution is 2.29. The molecule has 0 bridgehead atoms. The first-order valence-corrected chi connectivity index (χ1v) is 11.5. The van der Waals surface area contributed by atoms with Crippen molar-refractivity contribution in [3.63, 3.8) is 0 Å². The van der Waals surface area contributed by atoms with Crippen molar-refractivity contribution in [1.29, 1.82) is 0 Å². The van der Waals surface area contributed by atoms with Gasteiger partial charge in [-0.25, -0.2) is 9.97 Å². The molecule has 0 aliphatic carbocycles. The molecule has 0 unspecified atom stereocenters. The van der Waals surface area contributed by atoms with Crippen LogP contribution in [0.15, 0.2) is 59.9 Å². The molecule has 0 aliphatic rings. The maximum atomic E-state index is 12.5. The molecule has 1 amide bonds. The molecule has 172 valence electrons. The topological polar surface area (TPSA) is 124 Å². The van der Waals surface area contributed by atoms with E-state index in [1.807, 2.05) is 26.0 Å². The van der Waals surface area contributed by atoms with Gasteiger partial charge in [-0.05, 0) is 36.2 Å². The van der Waals surface area contributed by atoms with Gasteiger partial charge < -0.3 is 11.1 Å². The van der Waals surface area contributed by atoms with E-state index in [1.165, 1.54) is 17.8 Å². The van der Waals surface area contributed by atoms with E-state index in [-0.39, 0.29) is 28.3 Å². The number of benzene rings is 2. The third kappa shape index (κ3) is 6.74. The predicted molar refractivity (Wildman–Crippen MR) is 130 cm³/mol. The largest absolute Gasteiger partial charge is 0.351 e. The van der Waals surface area contributed by atoms with Crippen molar-refractivity contribution < 1.29 is 9.72 Å². The predicted octanol–water partition coefficient (Wildman–Crippen LogP) is 4.71. The van der Waals surface area contributed by atoms with Gasteiger partial charge in [0.05, 0.1) is 10.6 Å². The Labute approximate surface area is 201 Å². The van der Waals surface area contributed by atoms with Crippen molar-refractivity contribution in [3.8, 4) is 11.3 Å². The van der Waals surface area contributed by atoms with Gasteiger partial charge in [-0.2, -0.15) is 0 Å². The molecular formula is C23H24ClN5O3S. The number of nitro benzene ring substituents is 1. The van der Waals surface area contributed by atoms with Crippen LogP contribution in [0.2, 0.25) is 5.02 Å². The molecule has 1 heterocycles. The number of carbonyl (C=O) groups excluding carboxylic acids is 1. The van der Waals surface area contributed by atoms with Crippen LogP contribution in [0.1, 0.15) is 29.8 Å². The zero-order valence-electron chi connectivity index (χ0n) is 18.2. The molecule has 0 radical (unpaired) electrons. The number of nitrogens with one attached hydrogen (secondary N) is 1. The van der Waals surface area contributed by atoms with E-state index in [0.717, 1.165) is 11.3 Å². The van der Waals surface area contributed by atoms with Crippen LogP contribution in [-0.2, 0) is 5.75 Å². The van der Waals surface area contributed by atoms with Gasteiger partial charge in [-0.3, -0.25) is 14.9 Å². The lowest BCUT2D eigenvalue weighted by atomic mass is 9.94. The fourth-order valence-corrected chi connectivity index (χ4v) is 3.78. The van der Waals surface area contributed by atoms with Crippen molar-refractivity contribution in [1.82, 2.24) is 15.3 Å². The molecule has 1 aromatic heterocycles. The number of hydrogen-bond acceptors (Lipinski definition) is 7. The van der Waals surface area contributed by atoms with Gasteiger partial charge in [0.1, 0.15) is 0 Å². The van der Waals surface area contributed by atoms with Crippen molar-refractivity contribution in [2.75, 3.05) is 13.1 Å². The van der Waals surface area contributed by atoms with Gasteiger partial charge in [0.25, 0.3) is 11.6 Å². The molecule has 2 aromatic carbocycles. The number of amides is 1. The Morgan fingerprint density at radius 1 is 1.21 bits per heavy atom. The molecular weight excluding hydrogens is 462 g/mol. The fraction of sp³-hybridized carbons (Fsp3) is 0.261. The summed E-state index contributed by atoms with van der Waals surface area (Å²) in [5.41, 5.74) is 7.62. The number of nitrogens with zero attached hydrogens (tertiary/aromatic N) is 3. The van der Waals surface area contributed by atoms with E-state index >= 15 is 0 Å². The van der Waals surface area contributed by atoms with Gasteiger partial charge in [0.15, 0.2) is 5.16 Å². The smallest absolute Gasteiger partial charge is 0.274 e. The molecule has 8 nitrogen and oxygen atoms in total. The van der Waals surface area contributed by atoms with Gasteiger partial charge in [-0.15, -0.1) is 0 Å². The van der Waals surface area contributed by atoms with E-state index in [9.17, 15) is 14.9 Å². The Morgan fingerprint density at radius 2 is 1.94 bits per heavy atom. The number of thioether (sulfide) groups is 1. The Bertz CT molecular complexity index is 1160. The third-order valence-electron chi connectivity index (χ3n) is 4.95. The summed E-state index contributed by atoms with van der Waals surface area (Å²) in [7, 11) is 0. The second-order valence-electron chi connectivity index (χ2n) is 8.17. The highest BCUT2D eigenvalue weighted by atomic mass is 35.5. The fourth-order valence-electron chi connectivity index (χ4n) is 2.82. The second kappa shape index (κ2) is 10.7. The molecule has 0 spiro atoms. The number of rotatable bonds is 9. The lowest BCUT2D eigenvalue weighted by molar-refractivity contribution is -0.385. The zero-order chi connectivity index (χ0) is 24.0. The number of halogens is 1. The third-order valence-corrected chi connectivity index (χ3v) is 6.12. The van der Waals surface area contributed by atoms with Crippen LogP contribution >= 0.6 is 23.4 Å². The molecule has 10 heteroatoms. The normalized spacial score (nSPS) is 11.3. The van der Waals surface area contributed by atoms with Gasteiger partial charge in [-0.1, -0.05) is 55.4 Å². The van der Waals surface area contributed by atoms with E-state index in [0.29, 0.717) is 28.8 Å². The van der Waals surface area contributed by atoms with Crippen LogP contribution < -0.4 is 11.1 Å². The highest BCUT2D eigenvalue weighted by molar-refractivity contribution is 7.98. The number of nitro groups is 1. The van der Waals surface area contributed by atoms with E-state index in [4.69, 9.17) is 17.3 Å². The quantitative estimate of drug-likeness (QED) is 0.194. The average molecular weight is 486 g/mol. The summed E-state index contributed by atoms with van der Waals surface area (Å²) in [6.45, 7) is 4.64. The molecule has 0 saturated heterocycles. The first-order chi connectivity index (χ1) is 15.7. The molecule has 0 saturated carbocycles. The summed E-state index contributed by atoms with van der Waals surface area (Å²) in [5.74, 6) is -0.0968. The molecule has 33 heavy (non-hydrogen) atoms. The Morgan fingerprint density at radius 3 is 2.61 bits per heavy atom. The summed E-state index contributed by atoms with van der Waals surface area (Å²) in [4.78, 5) is 32.4. The number of nitrogens with two attached hydrogens (primary N) is 1. The van der Waals surface area contributed by atoms with Crippen LogP contribution in [0.4, 0.5) is 5.69 Å². The van der Waals surface area contributed by atoms with Crippen LogP contribution in [0.3, 0.4) is 0 Å². The zero-order valence-corrected chi connectivity index (χ0v) is 19.8. The monoisotopic (exact) mass is 485 g/mol. The van der Waals surface area contributed by atoms with E-state index in [2.05, 4.69) is 15.3 Å². The van der Waals surface area contributed by atoms with Crippen molar-refractivity contribution >= 4 is 35.0 Å². The summed E-state index contributed by atoms with van der Waals surface area (Å²) in [5, 5.41) is 15.6. The van der Waals surface area contributed by atoms with Crippen molar-refractivity contribution in [2.24, 2.45) is 11.1 Å². The van der Waals surface area contributed by atoms with Crippen LogP contribution in [0.5, 0.6) is 0 Å². The van der Waals surface area contributed by atoms with Crippen LogP contribution in [0, 0.1) is 15.5 Å². The summed E-state index contributed by atoms with van der Waals surface area (Å²) in [6, 6.07) is 13.6. The minimum Gasteiger partial charge on any atom is -0.351 e. The lowest BCUT2D eigenvalue weighted by Gasteiger charge is -2.22. The van der Waals surface area contributed by atoms with Crippen molar-refractivity contribution in [2.45, 2.75) is 24.8 Å². The lowest BCUT2D eigenvalue weighted by Crippen LogP contribution is -2.38. The number of carbonyl (C=O) groups is 1. The Balaban J connectivity index is 1.73. The maximum absolute atomic E-state index is 12.5. The van der Waals surface area contributed by atoms with E-state index < -0.39 is 4.92 Å². The second-order valence-corrected chi connectivity index (χ2v) is 9.55. The van der Waals surface area contributed by atoms with Gasteiger partial charge >= 0.3 is 0 Å². The molecule has 0 fully saturated rings. The summed E-state index contributed by atoms with van der Waals surface area (Å²) in [6.07, 6.45) is 1.64. The standard InChI is InChI=1S/C23H24ClN5O3S/c1-23(2,13-25)14-27-21(30)16-3-4-17(20(11-16)29(31)32)12-33-22-26-10-9-19(28-22)15-5-7-18(24)8-6-15/h3-11H,12-14,25H2,1-2H3,(H,27,30). The highest BCUT2D eigenvalue weighted by Gasteiger charge is 2.21. The van der Waals surface area contributed by atoms with Gasteiger partial charge in [0, 0.05) is 46.3 Å². The molecule has 0 aliphatic heterocycles. The van der Waals surface area contributed by atoms with Gasteiger partial charge in [0.2, 0.25) is 0 Å². The maximum Gasteiger partial charge on any atom is 0.274 e. The number of hydrogen-bond donors (Lipinski definition) is 2. The van der Waals surface area contributed by atoms with Crippen LogP contribution in [-0.4, -0.2) is 33.9 Å². The summed E-state index contributed by atoms with van der Waals surface area (Å²) < 4.78 is 0. The molecule has 0 atom stereocenters.